The number of nitro groups is 1. The molecule has 0 spiro atoms. The van der Waals surface area contributed by atoms with Crippen LogP contribution >= 0.6 is 0 Å². The number of phenols is 2. The maximum Gasteiger partial charge on any atom is 0.339 e. The number of amides is 2. The summed E-state index contributed by atoms with van der Waals surface area (Å²) >= 11 is 0. The zero-order valence-electron chi connectivity index (χ0n) is 14.0. The fraction of sp³-hybridized carbons (Fsp3) is 0.118. The molecule has 1 heterocycles. The molecule has 0 bridgehead atoms. The Labute approximate surface area is 156 Å². The molecule has 0 radical (unpaired) electrons. The van der Waals surface area contributed by atoms with Gasteiger partial charge in [0.2, 0.25) is 5.91 Å². The fourth-order valence-electron chi connectivity index (χ4n) is 2.80. The van der Waals surface area contributed by atoms with Gasteiger partial charge in [0, 0.05) is 12.1 Å². The smallest absolute Gasteiger partial charge is 0.339 e. The third-order valence-electron chi connectivity index (χ3n) is 4.14. The quantitative estimate of drug-likeness (QED) is 0.256. The number of non-ortho nitro benzene ring substituents is 1. The molecule has 0 aromatic heterocycles. The van der Waals surface area contributed by atoms with Crippen LogP contribution in [0.1, 0.15) is 16.8 Å². The van der Waals surface area contributed by atoms with E-state index in [-0.39, 0.29) is 29.0 Å². The van der Waals surface area contributed by atoms with Crippen LogP contribution < -0.4 is 10.2 Å². The fourth-order valence-corrected chi connectivity index (χ4v) is 2.80. The average Bonchev–Trinajstić information content (AvgIpc) is 2.89. The number of nitrogens with zero attached hydrogens (tertiary/aromatic N) is 2. The largest absolute Gasteiger partial charge is 0.507 e. The Morgan fingerprint density at radius 3 is 2.43 bits per heavy atom. The van der Waals surface area contributed by atoms with Crippen molar-refractivity contribution >= 4 is 34.8 Å². The number of anilines is 2. The maximum atomic E-state index is 12.6. The van der Waals surface area contributed by atoms with Gasteiger partial charge in [-0.05, 0) is 18.2 Å². The number of phenolic OH excluding ortho intramolecular Hbond substituents is 1. The van der Waals surface area contributed by atoms with Gasteiger partial charge in [0.15, 0.2) is 0 Å². The number of carboxylic acid groups (broad SMARTS) is 1. The second-order valence-corrected chi connectivity index (χ2v) is 5.93. The molecule has 28 heavy (non-hydrogen) atoms. The lowest BCUT2D eigenvalue weighted by atomic mass is 10.1. The molecule has 11 heteroatoms. The van der Waals surface area contributed by atoms with E-state index in [1.165, 1.54) is 12.1 Å². The van der Waals surface area contributed by atoms with Gasteiger partial charge in [0.05, 0.1) is 28.8 Å². The minimum Gasteiger partial charge on any atom is -0.507 e. The molecule has 3 rings (SSSR count). The SMILES string of the molecule is O=C(O)c1ccc(N2C(=O)CC(Nc3ccc([N+](=O)[O-])cc3O)C2=O)cc1O. The average molecular weight is 387 g/mol. The number of hydrogen-bond acceptors (Lipinski definition) is 8. The van der Waals surface area contributed by atoms with Crippen LogP contribution in [0.4, 0.5) is 17.1 Å². The lowest BCUT2D eigenvalue weighted by Gasteiger charge is -2.17. The van der Waals surface area contributed by atoms with Gasteiger partial charge in [0.25, 0.3) is 11.6 Å². The molecule has 144 valence electrons. The highest BCUT2D eigenvalue weighted by molar-refractivity contribution is 6.23. The van der Waals surface area contributed by atoms with Crippen LogP contribution in [0.5, 0.6) is 11.5 Å². The molecule has 1 fully saturated rings. The van der Waals surface area contributed by atoms with E-state index < -0.39 is 40.2 Å². The number of nitro benzene ring substituents is 1. The number of aromatic hydroxyl groups is 2. The second kappa shape index (κ2) is 6.87. The van der Waals surface area contributed by atoms with E-state index in [2.05, 4.69) is 5.32 Å². The molecule has 2 aromatic carbocycles. The van der Waals surface area contributed by atoms with Crippen molar-refractivity contribution in [2.75, 3.05) is 10.2 Å². The summed E-state index contributed by atoms with van der Waals surface area (Å²) in [7, 11) is 0. The summed E-state index contributed by atoms with van der Waals surface area (Å²) in [6, 6.07) is 5.46. The van der Waals surface area contributed by atoms with E-state index in [0.717, 1.165) is 29.2 Å². The first-order valence-corrected chi connectivity index (χ1v) is 7.86. The van der Waals surface area contributed by atoms with Crippen molar-refractivity contribution in [1.29, 1.82) is 0 Å². The molecule has 1 aliphatic heterocycles. The van der Waals surface area contributed by atoms with Crippen LogP contribution in [0.2, 0.25) is 0 Å². The summed E-state index contributed by atoms with van der Waals surface area (Å²) in [5.74, 6) is -3.72. The van der Waals surface area contributed by atoms with Crippen molar-refractivity contribution < 1.29 is 34.6 Å². The Hall–Kier alpha value is -4.15. The second-order valence-electron chi connectivity index (χ2n) is 5.93. The van der Waals surface area contributed by atoms with E-state index in [1.54, 1.807) is 0 Å². The highest BCUT2D eigenvalue weighted by Crippen LogP contribution is 2.32. The van der Waals surface area contributed by atoms with Crippen LogP contribution in [0.3, 0.4) is 0 Å². The van der Waals surface area contributed by atoms with Crippen LogP contribution in [-0.4, -0.2) is 44.1 Å². The minimum absolute atomic E-state index is 0.00489. The Balaban J connectivity index is 1.83. The lowest BCUT2D eigenvalue weighted by molar-refractivity contribution is -0.384. The number of benzene rings is 2. The van der Waals surface area contributed by atoms with E-state index >= 15 is 0 Å². The van der Waals surface area contributed by atoms with Crippen molar-refractivity contribution in [3.63, 3.8) is 0 Å². The van der Waals surface area contributed by atoms with E-state index in [0.29, 0.717) is 0 Å². The molecular weight excluding hydrogens is 374 g/mol. The van der Waals surface area contributed by atoms with E-state index in [1.807, 2.05) is 0 Å². The molecule has 1 saturated heterocycles. The summed E-state index contributed by atoms with van der Waals surface area (Å²) < 4.78 is 0. The minimum atomic E-state index is -1.36. The van der Waals surface area contributed by atoms with Crippen molar-refractivity contribution in [3.8, 4) is 11.5 Å². The number of carbonyl (C=O) groups is 3. The predicted molar refractivity (Wildman–Crippen MR) is 94.3 cm³/mol. The number of carbonyl (C=O) groups excluding carboxylic acids is 2. The molecule has 4 N–H and O–H groups in total. The molecule has 11 nitrogen and oxygen atoms in total. The van der Waals surface area contributed by atoms with Gasteiger partial charge in [-0.25, -0.2) is 9.69 Å². The summed E-state index contributed by atoms with van der Waals surface area (Å²) in [4.78, 5) is 46.6. The van der Waals surface area contributed by atoms with Gasteiger partial charge in [0.1, 0.15) is 23.1 Å². The third kappa shape index (κ3) is 3.28. The highest BCUT2D eigenvalue weighted by atomic mass is 16.6. The Bertz CT molecular complexity index is 1020. The van der Waals surface area contributed by atoms with Gasteiger partial charge in [-0.1, -0.05) is 0 Å². The Morgan fingerprint density at radius 1 is 1.14 bits per heavy atom. The molecule has 2 aromatic rings. The monoisotopic (exact) mass is 387 g/mol. The van der Waals surface area contributed by atoms with Gasteiger partial charge in [-0.15, -0.1) is 0 Å². The molecule has 0 aliphatic carbocycles. The predicted octanol–water partition coefficient (Wildman–Crippen LogP) is 1.45. The number of carboxylic acids is 1. The van der Waals surface area contributed by atoms with E-state index in [4.69, 9.17) is 5.11 Å². The van der Waals surface area contributed by atoms with Crippen LogP contribution in [-0.2, 0) is 9.59 Å². The number of nitrogens with one attached hydrogen (secondary N) is 1. The van der Waals surface area contributed by atoms with Crippen LogP contribution in [0.25, 0.3) is 0 Å². The third-order valence-corrected chi connectivity index (χ3v) is 4.14. The van der Waals surface area contributed by atoms with Crippen LogP contribution in [0, 0.1) is 10.1 Å². The van der Waals surface area contributed by atoms with Crippen molar-refractivity contribution in [1.82, 2.24) is 0 Å². The molecule has 0 saturated carbocycles. The van der Waals surface area contributed by atoms with Crippen molar-refractivity contribution in [3.05, 3.63) is 52.1 Å². The Kier molecular flexibility index (Phi) is 4.57. The topological polar surface area (TPSA) is 170 Å². The first-order valence-electron chi connectivity index (χ1n) is 7.86. The molecule has 1 aliphatic rings. The van der Waals surface area contributed by atoms with Crippen molar-refractivity contribution in [2.45, 2.75) is 12.5 Å². The number of aromatic carboxylic acids is 1. The van der Waals surface area contributed by atoms with Gasteiger partial charge in [-0.3, -0.25) is 19.7 Å². The number of rotatable bonds is 5. The van der Waals surface area contributed by atoms with E-state index in [9.17, 15) is 34.7 Å². The van der Waals surface area contributed by atoms with Crippen LogP contribution in [0.15, 0.2) is 36.4 Å². The van der Waals surface area contributed by atoms with Gasteiger partial charge in [-0.2, -0.15) is 0 Å². The summed E-state index contributed by atoms with van der Waals surface area (Å²) in [5, 5.41) is 42.0. The normalized spacial score (nSPS) is 16.3. The zero-order valence-corrected chi connectivity index (χ0v) is 14.0. The lowest BCUT2D eigenvalue weighted by Crippen LogP contribution is -2.34. The van der Waals surface area contributed by atoms with Gasteiger partial charge >= 0.3 is 5.97 Å². The summed E-state index contributed by atoms with van der Waals surface area (Å²) in [5.41, 5.74) is -0.696. The maximum absolute atomic E-state index is 12.6. The summed E-state index contributed by atoms with van der Waals surface area (Å²) in [6.07, 6.45) is -0.267. The zero-order chi connectivity index (χ0) is 20.6. The summed E-state index contributed by atoms with van der Waals surface area (Å²) in [6.45, 7) is 0. The molecule has 2 amide bonds. The van der Waals surface area contributed by atoms with Gasteiger partial charge < -0.3 is 20.6 Å². The Morgan fingerprint density at radius 2 is 1.86 bits per heavy atom. The van der Waals surface area contributed by atoms with Crippen molar-refractivity contribution in [2.24, 2.45) is 0 Å². The molecular formula is C17H13N3O8. The highest BCUT2D eigenvalue weighted by Gasteiger charge is 2.40. The molecule has 1 unspecified atom stereocenters. The standard InChI is InChI=1S/C17H13N3O8/c21-13-5-8(1-3-10(13)17(25)26)19-15(23)7-12(16(19)24)18-11-4-2-9(20(27)28)6-14(11)22/h1-6,12,18,21-22H,7H2,(H,25,26). The number of imide groups is 1. The molecule has 1 atom stereocenters. The number of hydrogen-bond donors (Lipinski definition) is 4. The first-order chi connectivity index (χ1) is 13.2. The first kappa shape index (κ1) is 18.6.